The van der Waals surface area contributed by atoms with E-state index in [4.69, 9.17) is 27.9 Å². The van der Waals surface area contributed by atoms with Crippen molar-refractivity contribution in [2.75, 3.05) is 5.32 Å². The van der Waals surface area contributed by atoms with Crippen LogP contribution in [0.25, 0.3) is 0 Å². The van der Waals surface area contributed by atoms with Gasteiger partial charge in [-0.25, -0.2) is 0 Å². The van der Waals surface area contributed by atoms with Crippen LogP contribution in [0.5, 0.6) is 5.75 Å². The van der Waals surface area contributed by atoms with Gasteiger partial charge >= 0.3 is 0 Å². The summed E-state index contributed by atoms with van der Waals surface area (Å²) in [5.41, 5.74) is 1.72. The quantitative estimate of drug-likeness (QED) is 0.709. The van der Waals surface area contributed by atoms with Crippen LogP contribution in [0.15, 0.2) is 42.5 Å². The minimum atomic E-state index is 0.289. The molecule has 1 heterocycles. The van der Waals surface area contributed by atoms with Gasteiger partial charge in [0.2, 0.25) is 0 Å². The SMILES string of the molecule is Clc1cccc(Cl)c1COc1ccccc1CNc1nn[nH]n1. The number of hydrogen-bond acceptors (Lipinski definition) is 5. The van der Waals surface area contributed by atoms with Crippen LogP contribution in [0, 0.1) is 0 Å². The van der Waals surface area contributed by atoms with Gasteiger partial charge in [0.1, 0.15) is 12.4 Å². The standard InChI is InChI=1S/C15H13Cl2N5O/c16-12-5-3-6-13(17)11(12)9-23-14-7-2-1-4-10(14)8-18-15-19-21-22-20-15/h1-7H,8-9H2,(H2,18,19,20,21,22). The second-order valence-corrected chi connectivity index (χ2v) is 5.50. The lowest BCUT2D eigenvalue weighted by Crippen LogP contribution is -2.05. The van der Waals surface area contributed by atoms with Crippen molar-refractivity contribution in [2.45, 2.75) is 13.2 Å². The fourth-order valence-corrected chi connectivity index (χ4v) is 2.53. The van der Waals surface area contributed by atoms with Gasteiger partial charge in [0.05, 0.1) is 0 Å². The van der Waals surface area contributed by atoms with Crippen molar-refractivity contribution in [2.24, 2.45) is 0 Å². The number of anilines is 1. The van der Waals surface area contributed by atoms with E-state index in [1.165, 1.54) is 0 Å². The lowest BCUT2D eigenvalue weighted by molar-refractivity contribution is 0.303. The Morgan fingerprint density at radius 3 is 2.57 bits per heavy atom. The van der Waals surface area contributed by atoms with Gasteiger partial charge < -0.3 is 10.1 Å². The number of nitrogens with one attached hydrogen (secondary N) is 2. The number of tetrazole rings is 1. The van der Waals surface area contributed by atoms with Crippen LogP contribution in [-0.4, -0.2) is 20.6 Å². The molecule has 8 heteroatoms. The molecule has 118 valence electrons. The molecular formula is C15H13Cl2N5O. The van der Waals surface area contributed by atoms with Crippen LogP contribution in [0.2, 0.25) is 10.0 Å². The number of hydrogen-bond donors (Lipinski definition) is 2. The summed E-state index contributed by atoms with van der Waals surface area (Å²) < 4.78 is 5.88. The highest BCUT2D eigenvalue weighted by Crippen LogP contribution is 2.27. The maximum absolute atomic E-state index is 6.16. The monoisotopic (exact) mass is 349 g/mol. The third kappa shape index (κ3) is 3.91. The first kappa shape index (κ1) is 15.6. The van der Waals surface area contributed by atoms with E-state index < -0.39 is 0 Å². The molecule has 6 nitrogen and oxygen atoms in total. The average molecular weight is 350 g/mol. The number of rotatable bonds is 6. The maximum atomic E-state index is 6.16. The molecule has 0 atom stereocenters. The van der Waals surface area contributed by atoms with Crippen LogP contribution in [0.3, 0.4) is 0 Å². The van der Waals surface area contributed by atoms with Crippen molar-refractivity contribution in [3.05, 3.63) is 63.6 Å². The number of ether oxygens (including phenoxy) is 1. The number of benzene rings is 2. The molecule has 0 radical (unpaired) electrons. The molecule has 23 heavy (non-hydrogen) atoms. The molecule has 0 unspecified atom stereocenters. The van der Waals surface area contributed by atoms with E-state index in [1.807, 2.05) is 24.3 Å². The van der Waals surface area contributed by atoms with Crippen LogP contribution in [0.1, 0.15) is 11.1 Å². The minimum Gasteiger partial charge on any atom is -0.488 e. The van der Waals surface area contributed by atoms with Crippen LogP contribution in [0.4, 0.5) is 5.95 Å². The van der Waals surface area contributed by atoms with E-state index in [1.54, 1.807) is 18.2 Å². The van der Waals surface area contributed by atoms with E-state index in [-0.39, 0.29) is 6.61 Å². The Kier molecular flexibility index (Phi) is 4.95. The molecule has 2 N–H and O–H groups in total. The molecule has 0 saturated carbocycles. The first-order valence-electron chi connectivity index (χ1n) is 6.85. The second-order valence-electron chi connectivity index (χ2n) is 4.69. The van der Waals surface area contributed by atoms with Crippen molar-refractivity contribution in [3.8, 4) is 5.75 Å². The van der Waals surface area contributed by atoms with Gasteiger partial charge in [-0.15, -0.1) is 5.10 Å². The lowest BCUT2D eigenvalue weighted by atomic mass is 10.2. The number of aromatic amines is 1. The Balaban J connectivity index is 1.70. The average Bonchev–Trinajstić information content (AvgIpc) is 3.07. The molecule has 0 aliphatic heterocycles. The highest BCUT2D eigenvalue weighted by molar-refractivity contribution is 6.35. The van der Waals surface area contributed by atoms with Gasteiger partial charge in [-0.1, -0.05) is 52.6 Å². The number of H-pyrrole nitrogens is 1. The predicted molar refractivity (Wildman–Crippen MR) is 88.7 cm³/mol. The summed E-state index contributed by atoms with van der Waals surface area (Å²) in [6, 6.07) is 13.1. The van der Waals surface area contributed by atoms with Gasteiger partial charge in [0, 0.05) is 27.7 Å². The molecule has 0 fully saturated rings. The smallest absolute Gasteiger partial charge is 0.263 e. The third-order valence-corrected chi connectivity index (χ3v) is 3.90. The topological polar surface area (TPSA) is 75.7 Å². The fraction of sp³-hybridized carbons (Fsp3) is 0.133. The van der Waals surface area contributed by atoms with E-state index >= 15 is 0 Å². The summed E-state index contributed by atoms with van der Waals surface area (Å²) in [6.45, 7) is 0.795. The Morgan fingerprint density at radius 2 is 1.83 bits per heavy atom. The molecule has 0 amide bonds. The lowest BCUT2D eigenvalue weighted by Gasteiger charge is -2.13. The van der Waals surface area contributed by atoms with E-state index in [9.17, 15) is 0 Å². The first-order valence-corrected chi connectivity index (χ1v) is 7.60. The zero-order chi connectivity index (χ0) is 16.1. The summed E-state index contributed by atoms with van der Waals surface area (Å²) >= 11 is 12.3. The Hall–Kier alpha value is -2.31. The molecule has 3 aromatic rings. The predicted octanol–water partition coefficient (Wildman–Crippen LogP) is 3.70. The van der Waals surface area contributed by atoms with E-state index in [0.29, 0.717) is 22.5 Å². The molecule has 2 aromatic carbocycles. The van der Waals surface area contributed by atoms with Crippen molar-refractivity contribution >= 4 is 29.2 Å². The summed E-state index contributed by atoms with van der Waals surface area (Å²) in [7, 11) is 0. The summed E-state index contributed by atoms with van der Waals surface area (Å²) in [5.74, 6) is 1.16. The zero-order valence-electron chi connectivity index (χ0n) is 12.0. The third-order valence-electron chi connectivity index (χ3n) is 3.19. The maximum Gasteiger partial charge on any atom is 0.263 e. The zero-order valence-corrected chi connectivity index (χ0v) is 13.5. The number of para-hydroxylation sites is 1. The van der Waals surface area contributed by atoms with Gasteiger partial charge in [-0.05, 0) is 23.4 Å². The molecule has 0 aliphatic carbocycles. The van der Waals surface area contributed by atoms with E-state index in [0.717, 1.165) is 16.9 Å². The Bertz CT molecular complexity index is 759. The van der Waals surface area contributed by atoms with Gasteiger partial charge in [-0.3, -0.25) is 0 Å². The molecule has 0 saturated heterocycles. The summed E-state index contributed by atoms with van der Waals surface area (Å²) in [6.07, 6.45) is 0. The summed E-state index contributed by atoms with van der Waals surface area (Å²) in [4.78, 5) is 0. The number of aromatic nitrogens is 4. The second kappa shape index (κ2) is 7.30. The highest BCUT2D eigenvalue weighted by atomic mass is 35.5. The van der Waals surface area contributed by atoms with Gasteiger partial charge in [-0.2, -0.15) is 5.21 Å². The molecule has 0 spiro atoms. The van der Waals surface area contributed by atoms with E-state index in [2.05, 4.69) is 25.9 Å². The van der Waals surface area contributed by atoms with Crippen molar-refractivity contribution in [3.63, 3.8) is 0 Å². The van der Waals surface area contributed by atoms with Gasteiger partial charge in [0.15, 0.2) is 0 Å². The van der Waals surface area contributed by atoms with Crippen molar-refractivity contribution in [1.29, 1.82) is 0 Å². The van der Waals surface area contributed by atoms with Gasteiger partial charge in [0.25, 0.3) is 5.95 Å². The Labute approximate surface area is 142 Å². The minimum absolute atomic E-state index is 0.289. The van der Waals surface area contributed by atoms with Crippen LogP contribution >= 0.6 is 23.2 Å². The normalized spacial score (nSPS) is 10.5. The molecule has 0 bridgehead atoms. The Morgan fingerprint density at radius 1 is 1.04 bits per heavy atom. The number of halogens is 2. The highest BCUT2D eigenvalue weighted by Gasteiger charge is 2.09. The van der Waals surface area contributed by atoms with Crippen LogP contribution < -0.4 is 10.1 Å². The molecule has 3 rings (SSSR count). The number of nitrogens with zero attached hydrogens (tertiary/aromatic N) is 3. The fourth-order valence-electron chi connectivity index (χ4n) is 2.02. The van der Waals surface area contributed by atoms with Crippen molar-refractivity contribution < 1.29 is 4.74 Å². The first-order chi connectivity index (χ1) is 11.2. The van der Waals surface area contributed by atoms with Crippen LogP contribution in [-0.2, 0) is 13.2 Å². The molecule has 0 aliphatic rings. The largest absolute Gasteiger partial charge is 0.488 e. The molecular weight excluding hydrogens is 337 g/mol. The summed E-state index contributed by atoms with van der Waals surface area (Å²) in [5, 5.41) is 17.8. The van der Waals surface area contributed by atoms with Crippen molar-refractivity contribution in [1.82, 2.24) is 20.6 Å². The molecule has 1 aromatic heterocycles.